The van der Waals surface area contributed by atoms with E-state index in [1.807, 2.05) is 0 Å². The highest BCUT2D eigenvalue weighted by atomic mass is 16.5. The van der Waals surface area contributed by atoms with E-state index in [0.717, 1.165) is 0 Å². The molecule has 0 aliphatic rings. The predicted molar refractivity (Wildman–Crippen MR) is 56.1 cm³/mol. The molecule has 0 fully saturated rings. The first-order chi connectivity index (χ1) is 7.11. The lowest BCUT2D eigenvalue weighted by Gasteiger charge is -1.94. The SMILES string of the molecule is COC(=O)C=CC=CC=C(C)C(=O)OC. The smallest absolute Gasteiger partial charge is 0.333 e. The van der Waals surface area contributed by atoms with Crippen molar-refractivity contribution in [2.75, 3.05) is 14.2 Å². The van der Waals surface area contributed by atoms with Crippen LogP contribution in [0.25, 0.3) is 0 Å². The van der Waals surface area contributed by atoms with Gasteiger partial charge in [0.05, 0.1) is 14.2 Å². The quantitative estimate of drug-likeness (QED) is 0.399. The number of carbonyl (C=O) groups is 2. The fraction of sp³-hybridized carbons (Fsp3) is 0.273. The van der Waals surface area contributed by atoms with Gasteiger partial charge in [-0.15, -0.1) is 0 Å². The first-order valence-corrected chi connectivity index (χ1v) is 4.29. The Kier molecular flexibility index (Phi) is 6.63. The van der Waals surface area contributed by atoms with E-state index in [1.54, 1.807) is 25.2 Å². The summed E-state index contributed by atoms with van der Waals surface area (Å²) in [5, 5.41) is 0. The molecule has 4 heteroatoms. The van der Waals surface area contributed by atoms with Crippen molar-refractivity contribution in [3.05, 3.63) is 36.0 Å². The van der Waals surface area contributed by atoms with E-state index in [2.05, 4.69) is 9.47 Å². The highest BCUT2D eigenvalue weighted by molar-refractivity contribution is 5.88. The standard InChI is InChI=1S/C11H14O4/c1-9(11(13)15-3)7-5-4-6-8-10(12)14-2/h4-8H,1-3H3. The lowest BCUT2D eigenvalue weighted by atomic mass is 10.3. The molecule has 0 rings (SSSR count). The molecule has 0 spiro atoms. The minimum atomic E-state index is -0.423. The Hall–Kier alpha value is -1.84. The van der Waals surface area contributed by atoms with Gasteiger partial charge in [-0.3, -0.25) is 0 Å². The average Bonchev–Trinajstić information content (AvgIpc) is 2.26. The number of methoxy groups -OCH3 is 2. The van der Waals surface area contributed by atoms with Crippen LogP contribution in [0.15, 0.2) is 36.0 Å². The topological polar surface area (TPSA) is 52.6 Å². The van der Waals surface area contributed by atoms with Crippen molar-refractivity contribution < 1.29 is 19.1 Å². The van der Waals surface area contributed by atoms with Crippen molar-refractivity contribution >= 4 is 11.9 Å². The zero-order valence-electron chi connectivity index (χ0n) is 9.02. The average molecular weight is 210 g/mol. The van der Waals surface area contributed by atoms with E-state index < -0.39 is 5.97 Å². The van der Waals surface area contributed by atoms with Gasteiger partial charge in [-0.2, -0.15) is 0 Å². The molecule has 0 saturated heterocycles. The molecule has 0 saturated carbocycles. The van der Waals surface area contributed by atoms with Gasteiger partial charge in [0.1, 0.15) is 0 Å². The zero-order chi connectivity index (χ0) is 11.7. The maximum Gasteiger partial charge on any atom is 0.333 e. The molecule has 0 heterocycles. The third kappa shape index (κ3) is 6.26. The van der Waals surface area contributed by atoms with Gasteiger partial charge in [-0.05, 0) is 6.92 Å². The molecule has 82 valence electrons. The van der Waals surface area contributed by atoms with E-state index in [1.165, 1.54) is 26.4 Å². The van der Waals surface area contributed by atoms with Crippen molar-refractivity contribution in [3.63, 3.8) is 0 Å². The van der Waals surface area contributed by atoms with Crippen LogP contribution in [-0.2, 0) is 19.1 Å². The van der Waals surface area contributed by atoms with Gasteiger partial charge in [-0.1, -0.05) is 24.3 Å². The van der Waals surface area contributed by atoms with Crippen LogP contribution in [0.1, 0.15) is 6.92 Å². The lowest BCUT2D eigenvalue weighted by molar-refractivity contribution is -0.136. The number of rotatable bonds is 4. The first kappa shape index (κ1) is 13.2. The molecule has 0 aromatic heterocycles. The van der Waals surface area contributed by atoms with Crippen LogP contribution in [0.5, 0.6) is 0 Å². The second kappa shape index (κ2) is 7.55. The molecule has 4 nitrogen and oxygen atoms in total. The lowest BCUT2D eigenvalue weighted by Crippen LogP contribution is -2.00. The van der Waals surface area contributed by atoms with Crippen LogP contribution in [0.3, 0.4) is 0 Å². The molecule has 0 amide bonds. The minimum absolute atomic E-state index is 0.378. The van der Waals surface area contributed by atoms with Crippen molar-refractivity contribution in [2.45, 2.75) is 6.92 Å². The molecule has 0 bridgehead atoms. The first-order valence-electron chi connectivity index (χ1n) is 4.29. The van der Waals surface area contributed by atoms with Gasteiger partial charge in [0.2, 0.25) is 0 Å². The van der Waals surface area contributed by atoms with Crippen LogP contribution < -0.4 is 0 Å². The molecule has 0 radical (unpaired) electrons. The predicted octanol–water partition coefficient (Wildman–Crippen LogP) is 1.39. The van der Waals surface area contributed by atoms with Crippen LogP contribution in [-0.4, -0.2) is 26.2 Å². The van der Waals surface area contributed by atoms with Gasteiger partial charge in [0.25, 0.3) is 0 Å². The highest BCUT2D eigenvalue weighted by Gasteiger charge is 1.99. The van der Waals surface area contributed by atoms with Crippen LogP contribution in [0.4, 0.5) is 0 Å². The summed E-state index contributed by atoms with van der Waals surface area (Å²) in [7, 11) is 2.62. The Morgan fingerprint density at radius 1 is 1.00 bits per heavy atom. The monoisotopic (exact) mass is 210 g/mol. The molecule has 0 atom stereocenters. The summed E-state index contributed by atoms with van der Waals surface area (Å²) < 4.78 is 8.88. The van der Waals surface area contributed by atoms with Crippen LogP contribution >= 0.6 is 0 Å². The molecular weight excluding hydrogens is 196 g/mol. The van der Waals surface area contributed by atoms with Crippen LogP contribution in [0, 0.1) is 0 Å². The maximum absolute atomic E-state index is 10.9. The van der Waals surface area contributed by atoms with Crippen molar-refractivity contribution in [3.8, 4) is 0 Å². The molecule has 0 aliphatic carbocycles. The van der Waals surface area contributed by atoms with E-state index in [9.17, 15) is 9.59 Å². The summed E-state index contributed by atoms with van der Waals surface area (Å²) in [6, 6.07) is 0. The summed E-state index contributed by atoms with van der Waals surface area (Å²) in [6.45, 7) is 1.64. The normalized spacial score (nSPS) is 12.1. The Labute approximate surface area is 88.9 Å². The molecule has 0 aliphatic heterocycles. The molecule has 0 N–H and O–H groups in total. The maximum atomic E-state index is 10.9. The third-order valence-electron chi connectivity index (χ3n) is 1.51. The number of carbonyl (C=O) groups excluding carboxylic acids is 2. The fourth-order valence-electron chi connectivity index (χ4n) is 0.695. The van der Waals surface area contributed by atoms with E-state index in [4.69, 9.17) is 0 Å². The second-order valence-electron chi connectivity index (χ2n) is 2.61. The fourth-order valence-corrected chi connectivity index (χ4v) is 0.695. The third-order valence-corrected chi connectivity index (χ3v) is 1.51. The Balaban J connectivity index is 4.15. The second-order valence-corrected chi connectivity index (χ2v) is 2.61. The number of ether oxygens (including phenoxy) is 2. The molecule has 0 unspecified atom stereocenters. The minimum Gasteiger partial charge on any atom is -0.466 e. The number of hydrogen-bond acceptors (Lipinski definition) is 4. The van der Waals surface area contributed by atoms with Crippen molar-refractivity contribution in [2.24, 2.45) is 0 Å². The summed E-state index contributed by atoms with van der Waals surface area (Å²) in [6.07, 6.45) is 7.63. The van der Waals surface area contributed by atoms with Gasteiger partial charge < -0.3 is 9.47 Å². The van der Waals surface area contributed by atoms with Crippen molar-refractivity contribution in [1.82, 2.24) is 0 Å². The zero-order valence-corrected chi connectivity index (χ0v) is 9.02. The molecule has 0 aromatic rings. The van der Waals surface area contributed by atoms with Crippen molar-refractivity contribution in [1.29, 1.82) is 0 Å². The molecular formula is C11H14O4. The summed E-state index contributed by atoms with van der Waals surface area (Å²) in [4.78, 5) is 21.5. The van der Waals surface area contributed by atoms with Gasteiger partial charge >= 0.3 is 11.9 Å². The molecule has 0 aromatic carbocycles. The van der Waals surface area contributed by atoms with E-state index in [0.29, 0.717) is 5.57 Å². The Bertz CT molecular complexity index is 311. The summed E-state index contributed by atoms with van der Waals surface area (Å²) >= 11 is 0. The van der Waals surface area contributed by atoms with Crippen LogP contribution in [0.2, 0.25) is 0 Å². The van der Waals surface area contributed by atoms with Gasteiger partial charge in [0.15, 0.2) is 0 Å². The largest absolute Gasteiger partial charge is 0.466 e. The number of hydrogen-bond donors (Lipinski definition) is 0. The van der Waals surface area contributed by atoms with Gasteiger partial charge in [-0.25, -0.2) is 9.59 Å². The summed E-state index contributed by atoms with van der Waals surface area (Å²) in [5.41, 5.74) is 0.486. The molecule has 15 heavy (non-hydrogen) atoms. The van der Waals surface area contributed by atoms with E-state index in [-0.39, 0.29) is 5.97 Å². The number of esters is 2. The Morgan fingerprint density at radius 3 is 2.20 bits per heavy atom. The number of allylic oxidation sites excluding steroid dienone is 4. The van der Waals surface area contributed by atoms with E-state index >= 15 is 0 Å². The highest BCUT2D eigenvalue weighted by Crippen LogP contribution is 1.95. The van der Waals surface area contributed by atoms with Gasteiger partial charge in [0, 0.05) is 11.6 Å². The summed E-state index contributed by atoms with van der Waals surface area (Å²) in [5.74, 6) is -0.801. The Morgan fingerprint density at radius 2 is 1.67 bits per heavy atom.